The van der Waals surface area contributed by atoms with Gasteiger partial charge in [-0.05, 0) is 6.08 Å². The van der Waals surface area contributed by atoms with E-state index in [2.05, 4.69) is 0 Å². The third-order valence-corrected chi connectivity index (χ3v) is 2.35. The molecule has 1 aliphatic heterocycles. The number of sulfone groups is 1. The lowest BCUT2D eigenvalue weighted by atomic mass is 10.5. The molecular formula is C4H6O3S. The van der Waals surface area contributed by atoms with Gasteiger partial charge in [0.05, 0.1) is 5.75 Å². The molecule has 4 heteroatoms. The maximum absolute atomic E-state index is 10.4. The Labute approximate surface area is 47.6 Å². The van der Waals surface area contributed by atoms with Crippen LogP contribution in [0.2, 0.25) is 0 Å². The molecule has 0 aromatic heterocycles. The minimum Gasteiger partial charge on any atom is -0.512 e. The summed E-state index contributed by atoms with van der Waals surface area (Å²) >= 11 is 0. The first-order valence-electron chi connectivity index (χ1n) is 2.18. The molecular weight excluding hydrogens is 128 g/mol. The minimum atomic E-state index is -2.94. The van der Waals surface area contributed by atoms with E-state index in [9.17, 15) is 8.42 Å². The predicted molar refractivity (Wildman–Crippen MR) is 29.4 cm³/mol. The summed E-state index contributed by atoms with van der Waals surface area (Å²) < 4.78 is 20.9. The Balaban J connectivity index is 2.85. The van der Waals surface area contributed by atoms with Crippen molar-refractivity contribution >= 4 is 9.84 Å². The molecule has 0 bridgehead atoms. The van der Waals surface area contributed by atoms with Crippen molar-refractivity contribution in [3.05, 3.63) is 11.8 Å². The molecule has 0 amide bonds. The van der Waals surface area contributed by atoms with Crippen LogP contribution in [-0.4, -0.2) is 25.0 Å². The van der Waals surface area contributed by atoms with Gasteiger partial charge in [0, 0.05) is 0 Å². The molecule has 0 aromatic carbocycles. The van der Waals surface area contributed by atoms with Crippen molar-refractivity contribution < 1.29 is 13.5 Å². The summed E-state index contributed by atoms with van der Waals surface area (Å²) in [7, 11) is -2.94. The van der Waals surface area contributed by atoms with Gasteiger partial charge in [-0.1, -0.05) is 0 Å². The van der Waals surface area contributed by atoms with Crippen LogP contribution < -0.4 is 0 Å². The zero-order valence-corrected chi connectivity index (χ0v) is 4.98. The smallest absolute Gasteiger partial charge is 0.161 e. The number of rotatable bonds is 0. The van der Waals surface area contributed by atoms with Gasteiger partial charge in [-0.25, -0.2) is 8.42 Å². The highest BCUT2D eigenvalue weighted by Gasteiger charge is 2.17. The summed E-state index contributed by atoms with van der Waals surface area (Å²) in [5.41, 5.74) is 0. The Bertz CT molecular complexity index is 211. The molecule has 46 valence electrons. The molecule has 1 rings (SSSR count). The molecule has 0 fully saturated rings. The van der Waals surface area contributed by atoms with E-state index < -0.39 is 9.84 Å². The monoisotopic (exact) mass is 134 g/mol. The number of hydrogen-bond donors (Lipinski definition) is 1. The van der Waals surface area contributed by atoms with Gasteiger partial charge in [-0.15, -0.1) is 0 Å². The summed E-state index contributed by atoms with van der Waals surface area (Å²) in [6, 6.07) is 0. The van der Waals surface area contributed by atoms with Crippen molar-refractivity contribution in [2.24, 2.45) is 0 Å². The van der Waals surface area contributed by atoms with Gasteiger partial charge in [0.2, 0.25) is 0 Å². The van der Waals surface area contributed by atoms with Crippen LogP contribution in [0, 0.1) is 0 Å². The summed E-state index contributed by atoms with van der Waals surface area (Å²) in [6.45, 7) is 0. The highest BCUT2D eigenvalue weighted by molar-refractivity contribution is 7.92. The average molecular weight is 134 g/mol. The number of aliphatic hydroxyl groups excluding tert-OH is 1. The van der Waals surface area contributed by atoms with E-state index in [1.54, 1.807) is 0 Å². The standard InChI is InChI=1S/C4H6O3S/c5-4-1-2-8(6,7)3-4/h1,5H,2-3H2. The zero-order chi connectivity index (χ0) is 6.20. The van der Waals surface area contributed by atoms with Gasteiger partial charge in [-0.3, -0.25) is 0 Å². The van der Waals surface area contributed by atoms with Crippen molar-refractivity contribution in [2.45, 2.75) is 0 Å². The molecule has 0 saturated heterocycles. The molecule has 0 radical (unpaired) electrons. The van der Waals surface area contributed by atoms with E-state index in [0.29, 0.717) is 0 Å². The van der Waals surface area contributed by atoms with Crippen molar-refractivity contribution in [2.75, 3.05) is 11.5 Å². The highest BCUT2D eigenvalue weighted by atomic mass is 32.2. The van der Waals surface area contributed by atoms with Crippen LogP contribution >= 0.6 is 0 Å². The molecule has 0 aromatic rings. The van der Waals surface area contributed by atoms with Gasteiger partial charge < -0.3 is 5.11 Å². The first kappa shape index (κ1) is 5.62. The Morgan fingerprint density at radius 3 is 2.38 bits per heavy atom. The maximum Gasteiger partial charge on any atom is 0.161 e. The summed E-state index contributed by atoms with van der Waals surface area (Å²) in [5.74, 6) is -0.198. The fourth-order valence-corrected chi connectivity index (χ4v) is 1.70. The lowest BCUT2D eigenvalue weighted by Crippen LogP contribution is -2.02. The Hall–Kier alpha value is -0.510. The minimum absolute atomic E-state index is 0.00116. The van der Waals surface area contributed by atoms with E-state index in [1.807, 2.05) is 0 Å². The molecule has 1 heterocycles. The summed E-state index contributed by atoms with van der Waals surface area (Å²) in [4.78, 5) is 0. The van der Waals surface area contributed by atoms with Crippen molar-refractivity contribution in [1.29, 1.82) is 0 Å². The lowest BCUT2D eigenvalue weighted by molar-refractivity contribution is 0.417. The second-order valence-corrected chi connectivity index (χ2v) is 3.86. The molecule has 0 spiro atoms. The van der Waals surface area contributed by atoms with Crippen molar-refractivity contribution in [1.82, 2.24) is 0 Å². The van der Waals surface area contributed by atoms with Crippen LogP contribution in [0.15, 0.2) is 11.8 Å². The highest BCUT2D eigenvalue weighted by Crippen LogP contribution is 2.06. The van der Waals surface area contributed by atoms with Crippen molar-refractivity contribution in [3.63, 3.8) is 0 Å². The average Bonchev–Trinajstić information content (AvgIpc) is 1.82. The van der Waals surface area contributed by atoms with E-state index in [0.717, 1.165) is 0 Å². The quantitative estimate of drug-likeness (QED) is 0.501. The molecule has 0 aliphatic carbocycles. The summed E-state index contributed by atoms with van der Waals surface area (Å²) in [5, 5.41) is 8.55. The second-order valence-electron chi connectivity index (χ2n) is 1.75. The van der Waals surface area contributed by atoms with Crippen LogP contribution in [0.3, 0.4) is 0 Å². The number of aliphatic hydroxyl groups is 1. The van der Waals surface area contributed by atoms with Crippen LogP contribution in [0.1, 0.15) is 0 Å². The van der Waals surface area contributed by atoms with Gasteiger partial charge >= 0.3 is 0 Å². The molecule has 3 nitrogen and oxygen atoms in total. The predicted octanol–water partition coefficient (Wildman–Crippen LogP) is -0.143. The van der Waals surface area contributed by atoms with Crippen molar-refractivity contribution in [3.8, 4) is 0 Å². The Morgan fingerprint density at radius 1 is 1.62 bits per heavy atom. The molecule has 1 N–H and O–H groups in total. The first-order valence-corrected chi connectivity index (χ1v) is 4.01. The van der Waals surface area contributed by atoms with Crippen LogP contribution in [0.4, 0.5) is 0 Å². The van der Waals surface area contributed by atoms with Crippen LogP contribution in [0.25, 0.3) is 0 Å². The topological polar surface area (TPSA) is 54.4 Å². The fraction of sp³-hybridized carbons (Fsp3) is 0.500. The van der Waals surface area contributed by atoms with Gasteiger partial charge in [0.25, 0.3) is 0 Å². The molecule has 0 saturated carbocycles. The van der Waals surface area contributed by atoms with E-state index in [4.69, 9.17) is 5.11 Å². The van der Waals surface area contributed by atoms with Gasteiger partial charge in [0.1, 0.15) is 11.5 Å². The van der Waals surface area contributed by atoms with Gasteiger partial charge in [0.15, 0.2) is 9.84 Å². The summed E-state index contributed by atoms with van der Waals surface area (Å²) in [6.07, 6.45) is 1.31. The first-order chi connectivity index (χ1) is 3.60. The SMILES string of the molecule is O=S1(=O)CC=C(O)C1. The molecule has 0 atom stereocenters. The largest absolute Gasteiger partial charge is 0.512 e. The maximum atomic E-state index is 10.4. The lowest BCUT2D eigenvalue weighted by Gasteiger charge is -1.85. The van der Waals surface area contributed by atoms with E-state index >= 15 is 0 Å². The second kappa shape index (κ2) is 1.48. The Morgan fingerprint density at radius 2 is 2.25 bits per heavy atom. The normalized spacial score (nSPS) is 25.2. The zero-order valence-electron chi connectivity index (χ0n) is 4.16. The van der Waals surface area contributed by atoms with Gasteiger partial charge in [-0.2, -0.15) is 0 Å². The Kier molecular flexibility index (Phi) is 1.04. The van der Waals surface area contributed by atoms with Crippen LogP contribution in [-0.2, 0) is 9.84 Å². The molecule has 0 unspecified atom stereocenters. The third-order valence-electron chi connectivity index (χ3n) is 0.941. The van der Waals surface area contributed by atoms with Crippen LogP contribution in [0.5, 0.6) is 0 Å². The molecule has 8 heavy (non-hydrogen) atoms. The molecule has 1 aliphatic rings. The third kappa shape index (κ3) is 1.01. The van der Waals surface area contributed by atoms with E-state index in [1.165, 1.54) is 6.08 Å². The fourth-order valence-electron chi connectivity index (χ4n) is 0.566. The number of hydrogen-bond acceptors (Lipinski definition) is 3. The van der Waals surface area contributed by atoms with E-state index in [-0.39, 0.29) is 17.3 Å².